The van der Waals surface area contributed by atoms with Gasteiger partial charge in [-0.25, -0.2) is 0 Å². The van der Waals surface area contributed by atoms with E-state index in [0.29, 0.717) is 0 Å². The molecule has 2 heteroatoms. The first kappa shape index (κ1) is 15.8. The first-order chi connectivity index (χ1) is 9.83. The number of ether oxygens (including phenoxy) is 1. The van der Waals surface area contributed by atoms with Gasteiger partial charge in [0, 0.05) is 5.56 Å². The molecule has 0 aliphatic rings. The molecule has 0 aliphatic carbocycles. The minimum atomic E-state index is -0.111. The minimum Gasteiger partial charge on any atom is -0.497 e. The number of aliphatic hydroxyl groups excluding tert-OH is 1. The number of aliphatic hydroxyl groups is 1. The van der Waals surface area contributed by atoms with Crippen molar-refractivity contribution < 1.29 is 9.84 Å². The number of rotatable bonds is 2. The van der Waals surface area contributed by atoms with Crippen LogP contribution in [0.5, 0.6) is 5.75 Å². The van der Waals surface area contributed by atoms with E-state index in [1.54, 1.807) is 7.11 Å². The van der Waals surface area contributed by atoms with Gasteiger partial charge in [-0.2, -0.15) is 0 Å². The van der Waals surface area contributed by atoms with E-state index in [9.17, 15) is 0 Å². The predicted molar refractivity (Wildman–Crippen MR) is 83.7 cm³/mol. The van der Waals surface area contributed by atoms with E-state index in [1.165, 1.54) is 0 Å². The van der Waals surface area contributed by atoms with Crippen LogP contribution in [0.2, 0.25) is 0 Å². The highest BCUT2D eigenvalue weighted by atomic mass is 16.5. The quantitative estimate of drug-likeness (QED) is 0.841. The molecule has 0 aliphatic heterocycles. The van der Waals surface area contributed by atoms with E-state index in [1.807, 2.05) is 62.4 Å². The Morgan fingerprint density at radius 3 is 1.85 bits per heavy atom. The van der Waals surface area contributed by atoms with Crippen molar-refractivity contribution in [2.75, 3.05) is 13.7 Å². The molecular weight excluding hydrogens is 248 g/mol. The Morgan fingerprint density at radius 1 is 0.900 bits per heavy atom. The smallest absolute Gasteiger partial charge is 0.118 e. The van der Waals surface area contributed by atoms with Gasteiger partial charge in [0.1, 0.15) is 12.4 Å². The summed E-state index contributed by atoms with van der Waals surface area (Å²) in [4.78, 5) is 0. The van der Waals surface area contributed by atoms with Crippen LogP contribution in [0.3, 0.4) is 0 Å². The summed E-state index contributed by atoms with van der Waals surface area (Å²) in [6, 6.07) is 15.8. The van der Waals surface area contributed by atoms with E-state index in [-0.39, 0.29) is 6.61 Å². The molecule has 2 nitrogen and oxygen atoms in total. The van der Waals surface area contributed by atoms with Gasteiger partial charge in [-0.15, -0.1) is 0 Å². The molecule has 0 saturated carbocycles. The molecule has 1 N–H and O–H groups in total. The summed E-state index contributed by atoms with van der Waals surface area (Å²) in [5.74, 6) is 6.35. The van der Waals surface area contributed by atoms with Crippen LogP contribution in [0.4, 0.5) is 0 Å². The third kappa shape index (κ3) is 4.46. The van der Waals surface area contributed by atoms with Crippen LogP contribution in [0.25, 0.3) is 11.1 Å². The fourth-order valence-electron chi connectivity index (χ4n) is 1.67. The second-order valence-corrected chi connectivity index (χ2v) is 3.77. The zero-order chi connectivity index (χ0) is 14.8. The molecular formula is C18H20O2. The van der Waals surface area contributed by atoms with Gasteiger partial charge in [0.15, 0.2) is 0 Å². The monoisotopic (exact) mass is 268 g/mol. The lowest BCUT2D eigenvalue weighted by Gasteiger charge is -2.03. The summed E-state index contributed by atoms with van der Waals surface area (Å²) in [6.45, 7) is 3.89. The number of methoxy groups -OCH3 is 1. The van der Waals surface area contributed by atoms with Gasteiger partial charge in [0.25, 0.3) is 0 Å². The zero-order valence-electron chi connectivity index (χ0n) is 12.2. The second-order valence-electron chi connectivity index (χ2n) is 3.77. The van der Waals surface area contributed by atoms with Crippen LogP contribution in [-0.4, -0.2) is 18.8 Å². The second kappa shape index (κ2) is 8.79. The molecule has 20 heavy (non-hydrogen) atoms. The molecule has 0 bridgehead atoms. The Labute approximate surface area is 121 Å². The standard InChI is InChI=1S/C16H14O2.C2H6/c1-18-16-10-8-15(9-11-16)14-6-4-13(5-7-14)3-2-12-17;1-2/h4-11,17H,12H2,1H3;1-2H3. The Bertz CT molecular complexity index is 557. The van der Waals surface area contributed by atoms with Crippen LogP contribution >= 0.6 is 0 Å². The van der Waals surface area contributed by atoms with Crippen molar-refractivity contribution >= 4 is 0 Å². The van der Waals surface area contributed by atoms with E-state index in [4.69, 9.17) is 9.84 Å². The molecule has 0 heterocycles. The van der Waals surface area contributed by atoms with Gasteiger partial charge in [0.2, 0.25) is 0 Å². The fraction of sp³-hybridized carbons (Fsp3) is 0.222. The largest absolute Gasteiger partial charge is 0.497 e. The maximum Gasteiger partial charge on any atom is 0.118 e. The lowest BCUT2D eigenvalue weighted by molar-refractivity contribution is 0.350. The molecule has 2 aromatic rings. The summed E-state index contributed by atoms with van der Waals surface area (Å²) in [6.07, 6.45) is 0. The van der Waals surface area contributed by atoms with Crippen molar-refractivity contribution in [3.63, 3.8) is 0 Å². The van der Waals surface area contributed by atoms with Gasteiger partial charge in [-0.05, 0) is 35.4 Å². The molecule has 0 amide bonds. The number of hydrogen-bond donors (Lipinski definition) is 1. The zero-order valence-corrected chi connectivity index (χ0v) is 12.2. The highest BCUT2D eigenvalue weighted by molar-refractivity contribution is 5.65. The predicted octanol–water partition coefficient (Wildman–Crippen LogP) is 3.73. The van der Waals surface area contributed by atoms with Crippen LogP contribution in [0.1, 0.15) is 19.4 Å². The van der Waals surface area contributed by atoms with E-state index in [0.717, 1.165) is 22.4 Å². The Hall–Kier alpha value is -2.24. The van der Waals surface area contributed by atoms with E-state index < -0.39 is 0 Å². The average molecular weight is 268 g/mol. The van der Waals surface area contributed by atoms with Gasteiger partial charge in [-0.3, -0.25) is 0 Å². The first-order valence-electron chi connectivity index (χ1n) is 6.67. The van der Waals surface area contributed by atoms with Crippen LogP contribution < -0.4 is 4.74 Å². The summed E-state index contributed by atoms with van der Waals surface area (Å²) in [5.41, 5.74) is 3.17. The van der Waals surface area contributed by atoms with Gasteiger partial charge < -0.3 is 9.84 Å². The number of hydrogen-bond acceptors (Lipinski definition) is 2. The lowest BCUT2D eigenvalue weighted by Crippen LogP contribution is -1.83. The Balaban J connectivity index is 0.000000956. The summed E-state index contributed by atoms with van der Waals surface area (Å²) < 4.78 is 5.13. The third-order valence-electron chi connectivity index (χ3n) is 2.62. The van der Waals surface area contributed by atoms with Crippen LogP contribution in [-0.2, 0) is 0 Å². The van der Waals surface area contributed by atoms with Gasteiger partial charge in [-0.1, -0.05) is 50.0 Å². The molecule has 0 aromatic heterocycles. The molecule has 2 aromatic carbocycles. The van der Waals surface area contributed by atoms with E-state index in [2.05, 4.69) is 11.8 Å². The lowest BCUT2D eigenvalue weighted by atomic mass is 10.0. The summed E-state index contributed by atoms with van der Waals surface area (Å²) in [5, 5.41) is 8.62. The highest BCUT2D eigenvalue weighted by Gasteiger charge is 1.98. The number of benzene rings is 2. The van der Waals surface area contributed by atoms with Crippen molar-refractivity contribution in [3.05, 3.63) is 54.1 Å². The Kier molecular flexibility index (Phi) is 6.95. The molecule has 0 unspecified atom stereocenters. The average Bonchev–Trinajstić information content (AvgIpc) is 2.55. The van der Waals surface area contributed by atoms with E-state index >= 15 is 0 Å². The van der Waals surface area contributed by atoms with Crippen molar-refractivity contribution in [2.24, 2.45) is 0 Å². The molecule has 2 rings (SSSR count). The van der Waals surface area contributed by atoms with Crippen molar-refractivity contribution in [1.82, 2.24) is 0 Å². The fourth-order valence-corrected chi connectivity index (χ4v) is 1.67. The topological polar surface area (TPSA) is 29.5 Å². The van der Waals surface area contributed by atoms with Crippen LogP contribution in [0.15, 0.2) is 48.5 Å². The summed E-state index contributed by atoms with van der Waals surface area (Å²) >= 11 is 0. The molecule has 0 saturated heterocycles. The van der Waals surface area contributed by atoms with Crippen LogP contribution in [0, 0.1) is 11.8 Å². The molecule has 0 radical (unpaired) electrons. The molecule has 0 atom stereocenters. The summed E-state index contributed by atoms with van der Waals surface area (Å²) in [7, 11) is 1.66. The first-order valence-corrected chi connectivity index (χ1v) is 6.67. The van der Waals surface area contributed by atoms with Crippen molar-refractivity contribution in [3.8, 4) is 28.7 Å². The Morgan fingerprint density at radius 2 is 1.40 bits per heavy atom. The molecule has 0 fully saturated rings. The maximum atomic E-state index is 8.62. The normalized spacial score (nSPS) is 8.80. The maximum absolute atomic E-state index is 8.62. The SMILES string of the molecule is CC.COc1ccc(-c2ccc(C#CCO)cc2)cc1. The van der Waals surface area contributed by atoms with Crippen molar-refractivity contribution in [2.45, 2.75) is 13.8 Å². The highest BCUT2D eigenvalue weighted by Crippen LogP contribution is 2.22. The minimum absolute atomic E-state index is 0.111. The van der Waals surface area contributed by atoms with Gasteiger partial charge in [0.05, 0.1) is 7.11 Å². The molecule has 104 valence electrons. The van der Waals surface area contributed by atoms with Gasteiger partial charge >= 0.3 is 0 Å². The molecule has 0 spiro atoms. The third-order valence-corrected chi connectivity index (χ3v) is 2.62. The van der Waals surface area contributed by atoms with Crippen molar-refractivity contribution in [1.29, 1.82) is 0 Å².